The molecule has 0 radical (unpaired) electrons. The highest BCUT2D eigenvalue weighted by molar-refractivity contribution is 5.88. The molecule has 0 spiro atoms. The lowest BCUT2D eigenvalue weighted by Gasteiger charge is -2.42. The van der Waals surface area contributed by atoms with Gasteiger partial charge in [0.25, 0.3) is 5.92 Å². The summed E-state index contributed by atoms with van der Waals surface area (Å²) in [5.74, 6) is -1.35. The van der Waals surface area contributed by atoms with Crippen LogP contribution in [0.4, 0.5) is 36.0 Å². The Morgan fingerprint density at radius 3 is 2.62 bits per heavy atom. The van der Waals surface area contributed by atoms with Crippen LogP contribution in [-0.4, -0.2) is 94.9 Å². The van der Waals surface area contributed by atoms with Crippen molar-refractivity contribution in [3.63, 3.8) is 0 Å². The van der Waals surface area contributed by atoms with Gasteiger partial charge < -0.3 is 24.6 Å². The van der Waals surface area contributed by atoms with E-state index in [0.717, 1.165) is 30.8 Å². The largest absolute Gasteiger partial charge is 0.477 e. The molecule has 13 nitrogen and oxygen atoms in total. The summed E-state index contributed by atoms with van der Waals surface area (Å²) in [5.41, 5.74) is 0. The van der Waals surface area contributed by atoms with Gasteiger partial charge >= 0.3 is 12.1 Å². The van der Waals surface area contributed by atoms with E-state index in [1.54, 1.807) is 11.8 Å². The number of amides is 3. The number of nitrogens with one attached hydrogen (secondary N) is 3. The first-order valence-corrected chi connectivity index (χ1v) is 13.3. The zero-order valence-electron chi connectivity index (χ0n) is 22.3. The number of hydrogen-bond acceptors (Lipinski definition) is 10. The van der Waals surface area contributed by atoms with Crippen LogP contribution in [0.15, 0.2) is 24.7 Å². The normalized spacial score (nSPS) is 25.1. The molecule has 216 valence electrons. The molecule has 0 aromatic carbocycles. The maximum Gasteiger partial charge on any atom is 0.413 e. The van der Waals surface area contributed by atoms with Crippen molar-refractivity contribution in [2.24, 2.45) is 11.8 Å². The van der Waals surface area contributed by atoms with E-state index in [4.69, 9.17) is 9.47 Å². The fourth-order valence-corrected chi connectivity index (χ4v) is 5.48. The van der Waals surface area contributed by atoms with Crippen molar-refractivity contribution in [2.75, 3.05) is 55.4 Å². The molecular weight excluding hydrogens is 528 g/mol. The first-order chi connectivity index (χ1) is 19.2. The van der Waals surface area contributed by atoms with Gasteiger partial charge in [-0.3, -0.25) is 10.6 Å². The fourth-order valence-electron chi connectivity index (χ4n) is 5.48. The van der Waals surface area contributed by atoms with Gasteiger partial charge in [0, 0.05) is 32.8 Å². The second kappa shape index (κ2) is 11.7. The number of carbonyl (C=O) groups is 2. The smallest absolute Gasteiger partial charge is 0.413 e. The van der Waals surface area contributed by atoms with E-state index in [1.807, 2.05) is 0 Å². The maximum atomic E-state index is 15.0. The van der Waals surface area contributed by atoms with Crippen LogP contribution < -0.4 is 25.6 Å². The molecule has 3 N–H and O–H groups in total. The molecule has 1 unspecified atom stereocenters. The number of ether oxygens (including phenoxy) is 2. The number of urea groups is 1. The molecule has 5 rings (SSSR count). The van der Waals surface area contributed by atoms with Gasteiger partial charge in [-0.1, -0.05) is 0 Å². The molecule has 40 heavy (non-hydrogen) atoms. The average Bonchev–Trinajstić information content (AvgIpc) is 3.51. The minimum atomic E-state index is -3.15. The molecule has 3 aliphatic rings. The van der Waals surface area contributed by atoms with Crippen molar-refractivity contribution in [2.45, 2.75) is 44.3 Å². The summed E-state index contributed by atoms with van der Waals surface area (Å²) in [6.45, 7) is 3.84. The first kappa shape index (κ1) is 27.7. The van der Waals surface area contributed by atoms with Crippen LogP contribution in [0.5, 0.6) is 5.88 Å². The lowest BCUT2D eigenvalue weighted by molar-refractivity contribution is -0.0760. The number of nitrogens with zero attached hydrogens (tertiary/aromatic N) is 6. The highest BCUT2D eigenvalue weighted by atomic mass is 19.3. The number of halogens is 2. The van der Waals surface area contributed by atoms with Crippen molar-refractivity contribution in [3.05, 3.63) is 24.7 Å². The quantitative estimate of drug-likeness (QED) is 0.461. The minimum absolute atomic E-state index is 0.0316. The third-order valence-electron chi connectivity index (χ3n) is 7.58. The summed E-state index contributed by atoms with van der Waals surface area (Å²) in [6.07, 6.45) is 4.45. The second-order valence-corrected chi connectivity index (χ2v) is 10.2. The summed E-state index contributed by atoms with van der Waals surface area (Å²) < 4.78 is 40.7. The van der Waals surface area contributed by atoms with E-state index in [2.05, 4.69) is 35.9 Å². The van der Waals surface area contributed by atoms with Crippen LogP contribution in [0.2, 0.25) is 0 Å². The summed E-state index contributed by atoms with van der Waals surface area (Å²) in [4.78, 5) is 44.4. The number of alkyl halides is 2. The zero-order chi connectivity index (χ0) is 28.3. The van der Waals surface area contributed by atoms with Crippen LogP contribution >= 0.6 is 0 Å². The second-order valence-electron chi connectivity index (χ2n) is 10.2. The van der Waals surface area contributed by atoms with Gasteiger partial charge in [0.15, 0.2) is 5.82 Å². The van der Waals surface area contributed by atoms with Crippen molar-refractivity contribution < 1.29 is 27.8 Å². The monoisotopic (exact) mass is 561 g/mol. The Bertz CT molecular complexity index is 1190. The predicted molar refractivity (Wildman–Crippen MR) is 141 cm³/mol. The van der Waals surface area contributed by atoms with Crippen LogP contribution in [0, 0.1) is 11.8 Å². The highest BCUT2D eigenvalue weighted by Gasteiger charge is 2.48. The maximum absolute atomic E-state index is 15.0. The number of carbonyl (C=O) groups excluding carboxylic acids is 2. The average molecular weight is 562 g/mol. The van der Waals surface area contributed by atoms with Crippen LogP contribution in [0.25, 0.3) is 0 Å². The van der Waals surface area contributed by atoms with E-state index in [0.29, 0.717) is 18.4 Å². The van der Waals surface area contributed by atoms with E-state index >= 15 is 0 Å². The number of fused-ring (bicyclic) bond motifs is 1. The van der Waals surface area contributed by atoms with Crippen molar-refractivity contribution in [3.8, 4) is 5.88 Å². The standard InChI is InChI=1S/C25H33F2N9O4/c1-3-39-21-13-30-20(12-31-21)33-23(37)35(2)18-14-36(7-5-25(18,26)27)22-29-6-4-19(32-22)34-24(38)40-17-8-15-10-28-11-16(15)9-17/h4,6,12-13,15-18,28H,3,5,7-11,14H2,1-2H3,(H,30,33,37)(H,29,32,34,38)/t15-,16+,17?,18-/m0/s1. The number of piperidine rings is 1. The molecule has 15 heteroatoms. The molecule has 4 atom stereocenters. The van der Waals surface area contributed by atoms with Gasteiger partial charge in [-0.25, -0.2) is 33.3 Å². The first-order valence-electron chi connectivity index (χ1n) is 13.3. The number of hydrogen-bond donors (Lipinski definition) is 3. The number of likely N-dealkylation sites (N-methyl/N-ethyl adjacent to an activating group) is 1. The summed E-state index contributed by atoms with van der Waals surface area (Å²) in [6, 6.07) is -0.736. The Morgan fingerprint density at radius 2 is 1.93 bits per heavy atom. The van der Waals surface area contributed by atoms with Crippen molar-refractivity contribution >= 4 is 29.7 Å². The predicted octanol–water partition coefficient (Wildman–Crippen LogP) is 2.59. The molecule has 1 saturated carbocycles. The fraction of sp³-hybridized carbons (Fsp3) is 0.600. The summed E-state index contributed by atoms with van der Waals surface area (Å²) >= 11 is 0. The molecule has 2 aromatic rings. The SMILES string of the molecule is CCOc1cnc(NC(=O)N(C)[C@H]2CN(c3nccc(NC(=O)OC4C[C@H]5CNC[C@H]5C4)n3)CCC2(F)F)cn1. The van der Waals surface area contributed by atoms with E-state index in [9.17, 15) is 18.4 Å². The van der Waals surface area contributed by atoms with Gasteiger partial charge in [0.2, 0.25) is 11.8 Å². The number of aromatic nitrogens is 4. The molecule has 2 aliphatic heterocycles. The highest BCUT2D eigenvalue weighted by Crippen LogP contribution is 2.36. The van der Waals surface area contributed by atoms with E-state index < -0.39 is 30.5 Å². The van der Waals surface area contributed by atoms with Crippen molar-refractivity contribution in [1.29, 1.82) is 0 Å². The molecule has 2 aromatic heterocycles. The molecule has 4 heterocycles. The van der Waals surface area contributed by atoms with E-state index in [-0.39, 0.29) is 42.7 Å². The summed E-state index contributed by atoms with van der Waals surface area (Å²) in [5, 5.41) is 8.46. The lowest BCUT2D eigenvalue weighted by atomic mass is 10.00. The Kier molecular flexibility index (Phi) is 8.09. The Hall–Kier alpha value is -3.88. The van der Waals surface area contributed by atoms with Gasteiger partial charge in [0.1, 0.15) is 18.0 Å². The van der Waals surface area contributed by atoms with Crippen molar-refractivity contribution in [1.82, 2.24) is 30.2 Å². The molecule has 0 bridgehead atoms. The van der Waals surface area contributed by atoms with Crippen LogP contribution in [-0.2, 0) is 4.74 Å². The van der Waals surface area contributed by atoms with Crippen LogP contribution in [0.1, 0.15) is 26.2 Å². The van der Waals surface area contributed by atoms with Gasteiger partial charge in [-0.2, -0.15) is 4.98 Å². The minimum Gasteiger partial charge on any atom is -0.477 e. The molecule has 1 aliphatic carbocycles. The van der Waals surface area contributed by atoms with Gasteiger partial charge in [0.05, 0.1) is 19.0 Å². The number of anilines is 3. The Balaban J connectivity index is 1.19. The molecule has 2 saturated heterocycles. The molecular formula is C25H33F2N9O4. The summed E-state index contributed by atoms with van der Waals surface area (Å²) in [7, 11) is 1.29. The van der Waals surface area contributed by atoms with E-state index in [1.165, 1.54) is 31.7 Å². The third-order valence-corrected chi connectivity index (χ3v) is 7.58. The molecule has 3 fully saturated rings. The lowest BCUT2D eigenvalue weighted by Crippen LogP contribution is -2.60. The van der Waals surface area contributed by atoms with Crippen LogP contribution in [0.3, 0.4) is 0 Å². The van der Waals surface area contributed by atoms with Gasteiger partial charge in [-0.05, 0) is 50.8 Å². The topological polar surface area (TPSA) is 147 Å². The third kappa shape index (κ3) is 6.29. The Labute approximate surface area is 230 Å². The zero-order valence-corrected chi connectivity index (χ0v) is 22.3. The van der Waals surface area contributed by atoms with Gasteiger partial charge in [-0.15, -0.1) is 0 Å². The Morgan fingerprint density at radius 1 is 1.15 bits per heavy atom. The molecule has 3 amide bonds. The number of rotatable bonds is 7.